The van der Waals surface area contributed by atoms with Crippen LogP contribution in [0.5, 0.6) is 0 Å². The van der Waals surface area contributed by atoms with Gasteiger partial charge in [-0.3, -0.25) is 0 Å². The highest BCUT2D eigenvalue weighted by Crippen LogP contribution is 2.44. The molecule has 0 amide bonds. The van der Waals surface area contributed by atoms with E-state index in [0.717, 1.165) is 29.8 Å². The highest BCUT2D eigenvalue weighted by molar-refractivity contribution is 6.73. The monoisotopic (exact) mass is 352 g/mol. The van der Waals surface area contributed by atoms with Crippen molar-refractivity contribution in [1.82, 2.24) is 0 Å². The van der Waals surface area contributed by atoms with Crippen molar-refractivity contribution in [2.75, 3.05) is 6.61 Å². The zero-order valence-electron chi connectivity index (χ0n) is 16.9. The fourth-order valence-electron chi connectivity index (χ4n) is 4.10. The van der Waals surface area contributed by atoms with E-state index in [9.17, 15) is 5.11 Å². The molecule has 3 atom stereocenters. The van der Waals surface area contributed by atoms with Crippen molar-refractivity contribution in [3.63, 3.8) is 0 Å². The van der Waals surface area contributed by atoms with Gasteiger partial charge in [-0.25, -0.2) is 0 Å². The standard InChI is InChI=1S/C21H40O2Si/c1-8-17-14-19(21(5,6)7)13-12-18(17)15-20(16-22)23-24(9-2,10-3)11-4/h8,15,17-19,22H,1,9-14,16H2,2-7H3/b20-15-/t17-,18+,19-/m0/s1. The molecular weight excluding hydrogens is 312 g/mol. The maximum Gasteiger partial charge on any atom is 0.250 e. The van der Waals surface area contributed by atoms with Crippen LogP contribution in [0.25, 0.3) is 0 Å². The predicted octanol–water partition coefficient (Wildman–Crippen LogP) is 6.15. The molecule has 1 aliphatic carbocycles. The van der Waals surface area contributed by atoms with Gasteiger partial charge in [0, 0.05) is 0 Å². The summed E-state index contributed by atoms with van der Waals surface area (Å²) in [6, 6.07) is 3.33. The molecule has 1 saturated carbocycles. The molecule has 0 aromatic rings. The minimum absolute atomic E-state index is 0.0256. The Hall–Kier alpha value is -0.543. The second kappa shape index (κ2) is 9.24. The summed E-state index contributed by atoms with van der Waals surface area (Å²) in [7, 11) is -1.72. The van der Waals surface area contributed by atoms with Gasteiger partial charge in [0.05, 0.1) is 6.61 Å². The minimum atomic E-state index is -1.72. The molecule has 1 fully saturated rings. The fraction of sp³-hybridized carbons (Fsp3) is 0.810. The Kier molecular flexibility index (Phi) is 8.27. The van der Waals surface area contributed by atoms with Gasteiger partial charge in [-0.05, 0) is 66.6 Å². The molecule has 0 radical (unpaired) electrons. The van der Waals surface area contributed by atoms with Crippen molar-refractivity contribution in [2.45, 2.75) is 78.9 Å². The first-order chi connectivity index (χ1) is 11.2. The van der Waals surface area contributed by atoms with Crippen LogP contribution in [0.1, 0.15) is 60.8 Å². The van der Waals surface area contributed by atoms with Crippen LogP contribution >= 0.6 is 0 Å². The largest absolute Gasteiger partial charge is 0.545 e. The molecule has 1 N–H and O–H groups in total. The number of hydrogen-bond donors (Lipinski definition) is 1. The molecule has 24 heavy (non-hydrogen) atoms. The van der Waals surface area contributed by atoms with Crippen molar-refractivity contribution in [3.05, 3.63) is 24.5 Å². The third kappa shape index (κ3) is 5.49. The molecule has 1 rings (SSSR count). The molecule has 0 unspecified atom stereocenters. The SMILES string of the molecule is C=C[C@H]1C[C@@H](C(C)(C)C)CC[C@@H]1/C=C(/CO)O[Si](CC)(CC)CC. The van der Waals surface area contributed by atoms with Gasteiger partial charge in [-0.1, -0.05) is 47.6 Å². The molecule has 0 heterocycles. The van der Waals surface area contributed by atoms with E-state index in [4.69, 9.17) is 4.43 Å². The van der Waals surface area contributed by atoms with Crippen molar-refractivity contribution >= 4 is 8.32 Å². The summed E-state index contributed by atoms with van der Waals surface area (Å²) >= 11 is 0. The summed E-state index contributed by atoms with van der Waals surface area (Å²) in [6.07, 6.45) is 7.98. The van der Waals surface area contributed by atoms with Gasteiger partial charge in [0.15, 0.2) is 0 Å². The maximum atomic E-state index is 9.85. The average Bonchev–Trinajstić information content (AvgIpc) is 2.58. The first-order valence-corrected chi connectivity index (χ1v) is 12.4. The van der Waals surface area contributed by atoms with Crippen LogP contribution in [-0.2, 0) is 4.43 Å². The van der Waals surface area contributed by atoms with E-state index in [1.165, 1.54) is 19.3 Å². The summed E-state index contributed by atoms with van der Waals surface area (Å²) in [5, 5.41) is 9.85. The number of rotatable bonds is 8. The third-order valence-corrected chi connectivity index (χ3v) is 10.9. The topological polar surface area (TPSA) is 29.5 Å². The maximum absolute atomic E-state index is 9.85. The van der Waals surface area contributed by atoms with Gasteiger partial charge in [0.25, 0.3) is 0 Å². The molecular formula is C21H40O2Si. The summed E-state index contributed by atoms with van der Waals surface area (Å²) < 4.78 is 6.44. The van der Waals surface area contributed by atoms with Crippen LogP contribution < -0.4 is 0 Å². The smallest absolute Gasteiger partial charge is 0.250 e. The Balaban J connectivity index is 2.90. The fourth-order valence-corrected chi connectivity index (χ4v) is 6.72. The quantitative estimate of drug-likeness (QED) is 0.322. The van der Waals surface area contributed by atoms with Gasteiger partial charge >= 0.3 is 0 Å². The first kappa shape index (κ1) is 21.5. The zero-order valence-corrected chi connectivity index (χ0v) is 17.9. The Morgan fingerprint density at radius 3 is 2.12 bits per heavy atom. The lowest BCUT2D eigenvalue weighted by Crippen LogP contribution is -2.36. The van der Waals surface area contributed by atoms with Crippen LogP contribution in [0.2, 0.25) is 18.1 Å². The molecule has 0 bridgehead atoms. The van der Waals surface area contributed by atoms with E-state index < -0.39 is 8.32 Å². The second-order valence-electron chi connectivity index (χ2n) is 8.58. The molecule has 140 valence electrons. The van der Waals surface area contributed by atoms with Gasteiger partial charge < -0.3 is 9.53 Å². The number of allylic oxidation sites excluding steroid dienone is 2. The Morgan fingerprint density at radius 2 is 1.71 bits per heavy atom. The van der Waals surface area contributed by atoms with Gasteiger partial charge in [0.2, 0.25) is 8.32 Å². The molecule has 0 saturated heterocycles. The number of aliphatic hydroxyl groups is 1. The van der Waals surface area contributed by atoms with Crippen molar-refractivity contribution in [2.24, 2.45) is 23.2 Å². The Bertz CT molecular complexity index is 410. The second-order valence-corrected chi connectivity index (χ2v) is 13.3. The van der Waals surface area contributed by atoms with E-state index >= 15 is 0 Å². The van der Waals surface area contributed by atoms with Gasteiger partial charge in [-0.2, -0.15) is 0 Å². The van der Waals surface area contributed by atoms with Gasteiger partial charge in [0.1, 0.15) is 5.76 Å². The van der Waals surface area contributed by atoms with E-state index in [1.54, 1.807) is 0 Å². The summed E-state index contributed by atoms with van der Waals surface area (Å²) in [5.74, 6) is 2.52. The van der Waals surface area contributed by atoms with E-state index in [1.807, 2.05) is 0 Å². The minimum Gasteiger partial charge on any atom is -0.545 e. The van der Waals surface area contributed by atoms with E-state index in [0.29, 0.717) is 17.3 Å². The highest BCUT2D eigenvalue weighted by Gasteiger charge is 2.35. The van der Waals surface area contributed by atoms with Crippen LogP contribution in [0.15, 0.2) is 24.5 Å². The molecule has 0 aromatic carbocycles. The lowest BCUT2D eigenvalue weighted by molar-refractivity contribution is 0.133. The van der Waals surface area contributed by atoms with Crippen LogP contribution in [0, 0.1) is 23.2 Å². The molecule has 3 heteroatoms. The summed E-state index contributed by atoms with van der Waals surface area (Å²) in [6.45, 7) is 17.8. The van der Waals surface area contributed by atoms with Crippen LogP contribution in [-0.4, -0.2) is 20.0 Å². The highest BCUT2D eigenvalue weighted by atomic mass is 28.4. The van der Waals surface area contributed by atoms with Crippen LogP contribution in [0.3, 0.4) is 0 Å². The number of aliphatic hydroxyl groups excluding tert-OH is 1. The van der Waals surface area contributed by atoms with E-state index in [2.05, 4.69) is 60.3 Å². The molecule has 0 spiro atoms. The summed E-state index contributed by atoms with van der Waals surface area (Å²) in [4.78, 5) is 0. The first-order valence-electron chi connectivity index (χ1n) is 9.88. The van der Waals surface area contributed by atoms with Crippen molar-refractivity contribution in [1.29, 1.82) is 0 Å². The number of hydrogen-bond acceptors (Lipinski definition) is 2. The lowest BCUT2D eigenvalue weighted by Gasteiger charge is -2.40. The van der Waals surface area contributed by atoms with E-state index in [-0.39, 0.29) is 6.61 Å². The molecule has 1 aliphatic rings. The molecule has 2 nitrogen and oxygen atoms in total. The zero-order chi connectivity index (χ0) is 18.4. The molecule has 0 aromatic heterocycles. The lowest BCUT2D eigenvalue weighted by atomic mass is 9.65. The normalized spacial score (nSPS) is 26.3. The Morgan fingerprint density at radius 1 is 1.12 bits per heavy atom. The molecule has 0 aliphatic heterocycles. The van der Waals surface area contributed by atoms with Crippen molar-refractivity contribution < 1.29 is 9.53 Å². The Labute approximate surface area is 151 Å². The average molecular weight is 353 g/mol. The third-order valence-electron chi connectivity index (χ3n) is 6.32. The van der Waals surface area contributed by atoms with Gasteiger partial charge in [-0.15, -0.1) is 6.58 Å². The van der Waals surface area contributed by atoms with Crippen LogP contribution in [0.4, 0.5) is 0 Å². The van der Waals surface area contributed by atoms with Crippen molar-refractivity contribution in [3.8, 4) is 0 Å². The summed E-state index contributed by atoms with van der Waals surface area (Å²) in [5.41, 5.74) is 0.362. The predicted molar refractivity (Wildman–Crippen MR) is 107 cm³/mol.